The van der Waals surface area contributed by atoms with Crippen LogP contribution in [0.15, 0.2) is 33.3 Å². The molecule has 2 aromatic heterocycles. The second kappa shape index (κ2) is 7.02. The van der Waals surface area contributed by atoms with Crippen LogP contribution in [-0.4, -0.2) is 39.6 Å². The van der Waals surface area contributed by atoms with Gasteiger partial charge < -0.3 is 18.5 Å². The number of nitrogens with zero attached hydrogens (tertiary/aromatic N) is 4. The number of rotatable bonds is 6. The van der Waals surface area contributed by atoms with Gasteiger partial charge in [0.2, 0.25) is 5.89 Å². The van der Waals surface area contributed by atoms with Crippen molar-refractivity contribution in [3.05, 3.63) is 41.8 Å². The maximum Gasteiger partial charge on any atom is 0.261 e. The fraction of sp³-hybridized carbons (Fsp3) is 0.412. The van der Waals surface area contributed by atoms with Crippen molar-refractivity contribution < 1.29 is 18.5 Å². The highest BCUT2D eigenvalue weighted by Gasteiger charge is 2.19. The monoisotopic (exact) mass is 342 g/mol. The zero-order chi connectivity index (χ0) is 17.1. The van der Waals surface area contributed by atoms with E-state index in [0.29, 0.717) is 42.2 Å². The van der Waals surface area contributed by atoms with Gasteiger partial charge in [-0.05, 0) is 25.0 Å². The van der Waals surface area contributed by atoms with Gasteiger partial charge in [0, 0.05) is 13.5 Å². The molecule has 1 saturated heterocycles. The summed E-state index contributed by atoms with van der Waals surface area (Å²) >= 11 is 0. The van der Waals surface area contributed by atoms with Crippen LogP contribution in [0.3, 0.4) is 0 Å². The molecule has 1 atom stereocenters. The predicted molar refractivity (Wildman–Crippen MR) is 86.0 cm³/mol. The number of hydrogen-bond acceptors (Lipinski definition) is 8. The van der Waals surface area contributed by atoms with Gasteiger partial charge in [0.1, 0.15) is 12.4 Å². The predicted octanol–water partition coefficient (Wildman–Crippen LogP) is 2.58. The summed E-state index contributed by atoms with van der Waals surface area (Å²) in [5.41, 5.74) is 0.753. The molecule has 130 valence electrons. The molecule has 0 amide bonds. The SMILES string of the molecule is Cc1nc(Cc2noc(-c3ccccc3OCC3CCCO3)n2)no1. The molecule has 25 heavy (non-hydrogen) atoms. The summed E-state index contributed by atoms with van der Waals surface area (Å²) in [5, 5.41) is 7.83. The average Bonchev–Trinajstić information content (AvgIpc) is 3.36. The van der Waals surface area contributed by atoms with Gasteiger partial charge in [-0.15, -0.1) is 0 Å². The van der Waals surface area contributed by atoms with E-state index in [4.69, 9.17) is 18.5 Å². The lowest BCUT2D eigenvalue weighted by Gasteiger charge is -2.13. The topological polar surface area (TPSA) is 96.3 Å². The van der Waals surface area contributed by atoms with Gasteiger partial charge in [0.25, 0.3) is 5.89 Å². The van der Waals surface area contributed by atoms with Crippen LogP contribution in [0, 0.1) is 6.92 Å². The summed E-state index contributed by atoms with van der Waals surface area (Å²) in [6, 6.07) is 7.59. The van der Waals surface area contributed by atoms with Crippen LogP contribution < -0.4 is 4.74 Å². The van der Waals surface area contributed by atoms with Crippen molar-refractivity contribution in [2.75, 3.05) is 13.2 Å². The minimum Gasteiger partial charge on any atom is -0.490 e. The summed E-state index contributed by atoms with van der Waals surface area (Å²) in [5.74, 6) is 2.62. The number of aryl methyl sites for hydroxylation is 1. The van der Waals surface area contributed by atoms with E-state index in [1.807, 2.05) is 24.3 Å². The molecular weight excluding hydrogens is 324 g/mol. The summed E-state index contributed by atoms with van der Waals surface area (Å²) in [6.07, 6.45) is 2.60. The van der Waals surface area contributed by atoms with Crippen molar-refractivity contribution in [2.45, 2.75) is 32.3 Å². The normalized spacial score (nSPS) is 17.1. The first kappa shape index (κ1) is 15.8. The van der Waals surface area contributed by atoms with Crippen LogP contribution >= 0.6 is 0 Å². The van der Waals surface area contributed by atoms with Crippen LogP contribution in [0.4, 0.5) is 0 Å². The lowest BCUT2D eigenvalue weighted by Crippen LogP contribution is -2.16. The van der Waals surface area contributed by atoms with Crippen molar-refractivity contribution >= 4 is 0 Å². The van der Waals surface area contributed by atoms with Crippen LogP contribution in [0.5, 0.6) is 5.75 Å². The van der Waals surface area contributed by atoms with E-state index in [2.05, 4.69) is 20.3 Å². The number of ether oxygens (including phenoxy) is 2. The second-order valence-electron chi connectivity index (χ2n) is 5.86. The van der Waals surface area contributed by atoms with Crippen molar-refractivity contribution in [3.8, 4) is 17.2 Å². The molecule has 0 saturated carbocycles. The van der Waals surface area contributed by atoms with Gasteiger partial charge in [0.05, 0.1) is 18.1 Å². The molecule has 0 radical (unpaired) electrons. The van der Waals surface area contributed by atoms with E-state index in [9.17, 15) is 0 Å². The molecule has 1 unspecified atom stereocenters. The molecule has 8 nitrogen and oxygen atoms in total. The van der Waals surface area contributed by atoms with Gasteiger partial charge in [-0.2, -0.15) is 9.97 Å². The van der Waals surface area contributed by atoms with E-state index in [-0.39, 0.29) is 6.10 Å². The van der Waals surface area contributed by atoms with E-state index < -0.39 is 0 Å². The molecule has 0 aliphatic carbocycles. The van der Waals surface area contributed by atoms with Gasteiger partial charge in [-0.25, -0.2) is 0 Å². The zero-order valence-corrected chi connectivity index (χ0v) is 13.8. The Bertz CT molecular complexity index is 839. The highest BCUT2D eigenvalue weighted by Crippen LogP contribution is 2.29. The standard InChI is InChI=1S/C17H18N4O4/c1-11-18-15(20-24-11)9-16-19-17(25-21-16)13-6-2-3-7-14(13)23-10-12-5-4-8-22-12/h2-3,6-7,12H,4-5,8-10H2,1H3. The smallest absolute Gasteiger partial charge is 0.261 e. The Hall–Kier alpha value is -2.74. The molecule has 0 N–H and O–H groups in total. The van der Waals surface area contributed by atoms with E-state index in [0.717, 1.165) is 25.0 Å². The Morgan fingerprint density at radius 2 is 1.96 bits per heavy atom. The molecule has 1 aliphatic heterocycles. The molecule has 4 rings (SSSR count). The Morgan fingerprint density at radius 3 is 2.76 bits per heavy atom. The minimum atomic E-state index is 0.146. The van der Waals surface area contributed by atoms with Crippen molar-refractivity contribution in [2.24, 2.45) is 0 Å². The van der Waals surface area contributed by atoms with Gasteiger partial charge in [0.15, 0.2) is 11.6 Å². The molecule has 8 heteroatoms. The molecule has 1 aromatic carbocycles. The number of benzene rings is 1. The largest absolute Gasteiger partial charge is 0.490 e. The van der Waals surface area contributed by atoms with Crippen LogP contribution in [0.2, 0.25) is 0 Å². The Kier molecular flexibility index (Phi) is 4.43. The van der Waals surface area contributed by atoms with Crippen molar-refractivity contribution in [1.82, 2.24) is 20.3 Å². The van der Waals surface area contributed by atoms with Crippen molar-refractivity contribution in [1.29, 1.82) is 0 Å². The first-order chi connectivity index (χ1) is 12.3. The maximum absolute atomic E-state index is 5.91. The molecule has 1 fully saturated rings. The highest BCUT2D eigenvalue weighted by atomic mass is 16.5. The summed E-state index contributed by atoms with van der Waals surface area (Å²) in [7, 11) is 0. The number of para-hydroxylation sites is 1. The zero-order valence-electron chi connectivity index (χ0n) is 13.8. The third-order valence-electron chi connectivity index (χ3n) is 3.92. The van der Waals surface area contributed by atoms with Crippen LogP contribution in [0.25, 0.3) is 11.5 Å². The third kappa shape index (κ3) is 3.69. The third-order valence-corrected chi connectivity index (χ3v) is 3.92. The minimum absolute atomic E-state index is 0.146. The first-order valence-corrected chi connectivity index (χ1v) is 8.23. The number of hydrogen-bond donors (Lipinski definition) is 0. The highest BCUT2D eigenvalue weighted by molar-refractivity contribution is 5.62. The van der Waals surface area contributed by atoms with Gasteiger partial charge in [-0.3, -0.25) is 0 Å². The van der Waals surface area contributed by atoms with E-state index >= 15 is 0 Å². The average molecular weight is 342 g/mol. The molecule has 3 aromatic rings. The lowest BCUT2D eigenvalue weighted by molar-refractivity contribution is 0.0681. The van der Waals surface area contributed by atoms with Crippen molar-refractivity contribution in [3.63, 3.8) is 0 Å². The Morgan fingerprint density at radius 1 is 1.12 bits per heavy atom. The lowest BCUT2D eigenvalue weighted by atomic mass is 10.2. The quantitative estimate of drug-likeness (QED) is 0.674. The molecule has 0 spiro atoms. The Labute approximate surface area is 144 Å². The maximum atomic E-state index is 5.91. The fourth-order valence-corrected chi connectivity index (χ4v) is 2.72. The first-order valence-electron chi connectivity index (χ1n) is 8.23. The summed E-state index contributed by atoms with van der Waals surface area (Å²) < 4.78 is 21.8. The van der Waals surface area contributed by atoms with Gasteiger partial charge in [-0.1, -0.05) is 22.4 Å². The van der Waals surface area contributed by atoms with Gasteiger partial charge >= 0.3 is 0 Å². The molecular formula is C17H18N4O4. The van der Waals surface area contributed by atoms with Crippen LogP contribution in [0.1, 0.15) is 30.4 Å². The van der Waals surface area contributed by atoms with E-state index in [1.165, 1.54) is 0 Å². The summed E-state index contributed by atoms with van der Waals surface area (Å²) in [6.45, 7) is 3.05. The molecule has 1 aliphatic rings. The molecule has 3 heterocycles. The second-order valence-corrected chi connectivity index (χ2v) is 5.86. The Balaban J connectivity index is 1.49. The van der Waals surface area contributed by atoms with Crippen LogP contribution in [-0.2, 0) is 11.2 Å². The molecule has 0 bridgehead atoms. The van der Waals surface area contributed by atoms with E-state index in [1.54, 1.807) is 6.92 Å². The summed E-state index contributed by atoms with van der Waals surface area (Å²) in [4.78, 5) is 8.56. The number of aromatic nitrogens is 4. The fourth-order valence-electron chi connectivity index (χ4n) is 2.72.